The van der Waals surface area contributed by atoms with Crippen LogP contribution < -0.4 is 4.90 Å². The van der Waals surface area contributed by atoms with Crippen molar-refractivity contribution in [2.24, 2.45) is 0 Å². The lowest BCUT2D eigenvalue weighted by atomic mass is 10.1. The quantitative estimate of drug-likeness (QED) is 0.777. The van der Waals surface area contributed by atoms with E-state index in [0.29, 0.717) is 26.2 Å². The minimum Gasteiger partial charge on any atom is -0.342 e. The van der Waals surface area contributed by atoms with Crippen LogP contribution in [0.15, 0.2) is 18.2 Å². The molecule has 2 rings (SSSR count). The highest BCUT2D eigenvalue weighted by molar-refractivity contribution is 5.98. The molecule has 1 saturated heterocycles. The van der Waals surface area contributed by atoms with Crippen LogP contribution >= 0.6 is 0 Å². The molecule has 1 aromatic rings. The maximum absolute atomic E-state index is 12.5. The summed E-state index contributed by atoms with van der Waals surface area (Å²) in [5.41, 5.74) is 2.85. The molecule has 0 radical (unpaired) electrons. The summed E-state index contributed by atoms with van der Waals surface area (Å²) in [6.07, 6.45) is 0.805. The fourth-order valence-corrected chi connectivity index (χ4v) is 2.79. The first-order valence-corrected chi connectivity index (χ1v) is 7.75. The average Bonchev–Trinajstić information content (AvgIpc) is 2.53. The van der Waals surface area contributed by atoms with E-state index in [4.69, 9.17) is 0 Å². The van der Waals surface area contributed by atoms with Crippen LogP contribution in [0.4, 0.5) is 5.69 Å². The van der Waals surface area contributed by atoms with Crippen molar-refractivity contribution in [3.05, 3.63) is 29.3 Å². The van der Waals surface area contributed by atoms with Crippen molar-refractivity contribution < 1.29 is 14.4 Å². The van der Waals surface area contributed by atoms with Crippen molar-refractivity contribution in [2.45, 2.75) is 20.8 Å². The average molecular weight is 317 g/mol. The van der Waals surface area contributed by atoms with Gasteiger partial charge in [-0.3, -0.25) is 14.4 Å². The van der Waals surface area contributed by atoms with Crippen LogP contribution in [-0.2, 0) is 14.4 Å². The number of rotatable bonds is 4. The van der Waals surface area contributed by atoms with E-state index in [9.17, 15) is 14.4 Å². The maximum Gasteiger partial charge on any atom is 0.242 e. The molecule has 1 aliphatic heterocycles. The monoisotopic (exact) mass is 317 g/mol. The third kappa shape index (κ3) is 4.09. The van der Waals surface area contributed by atoms with Crippen LogP contribution in [0.2, 0.25) is 0 Å². The van der Waals surface area contributed by atoms with Crippen LogP contribution in [-0.4, -0.2) is 60.7 Å². The highest BCUT2D eigenvalue weighted by atomic mass is 16.2. The second-order valence-corrected chi connectivity index (χ2v) is 5.92. The molecule has 1 heterocycles. The molecule has 3 amide bonds. The summed E-state index contributed by atoms with van der Waals surface area (Å²) in [7, 11) is 0. The van der Waals surface area contributed by atoms with E-state index >= 15 is 0 Å². The Labute approximate surface area is 136 Å². The Morgan fingerprint density at radius 1 is 1.17 bits per heavy atom. The Morgan fingerprint density at radius 3 is 2.35 bits per heavy atom. The van der Waals surface area contributed by atoms with Crippen LogP contribution in [0.3, 0.4) is 0 Å². The first kappa shape index (κ1) is 17.0. The van der Waals surface area contributed by atoms with Crippen LogP contribution in [0.25, 0.3) is 0 Å². The number of hydrogen-bond donors (Lipinski definition) is 0. The van der Waals surface area contributed by atoms with E-state index in [2.05, 4.69) is 0 Å². The Hall–Kier alpha value is -2.37. The number of aryl methyl sites for hydroxylation is 2. The molecule has 6 nitrogen and oxygen atoms in total. The Kier molecular flexibility index (Phi) is 5.36. The van der Waals surface area contributed by atoms with Crippen molar-refractivity contribution in [3.63, 3.8) is 0 Å². The molecule has 0 N–H and O–H groups in total. The van der Waals surface area contributed by atoms with Crippen LogP contribution in [0.5, 0.6) is 0 Å². The smallest absolute Gasteiger partial charge is 0.242 e. The van der Waals surface area contributed by atoms with Gasteiger partial charge in [-0.15, -0.1) is 0 Å². The first-order valence-electron chi connectivity index (χ1n) is 7.75. The highest BCUT2D eigenvalue weighted by Gasteiger charge is 2.24. The van der Waals surface area contributed by atoms with Gasteiger partial charge >= 0.3 is 0 Å². The van der Waals surface area contributed by atoms with Gasteiger partial charge < -0.3 is 14.7 Å². The molecule has 1 aromatic carbocycles. The predicted molar refractivity (Wildman–Crippen MR) is 88.2 cm³/mol. The third-order valence-corrected chi connectivity index (χ3v) is 4.13. The summed E-state index contributed by atoms with van der Waals surface area (Å²) in [4.78, 5) is 40.1. The lowest BCUT2D eigenvalue weighted by Crippen LogP contribution is -2.51. The topological polar surface area (TPSA) is 60.9 Å². The minimum absolute atomic E-state index is 0.0281. The first-order chi connectivity index (χ1) is 10.9. The number of carbonyl (C=O) groups excluding carboxylic acids is 3. The largest absolute Gasteiger partial charge is 0.342 e. The van der Waals surface area contributed by atoms with Crippen molar-refractivity contribution in [2.75, 3.05) is 37.6 Å². The van der Waals surface area contributed by atoms with Gasteiger partial charge in [0.05, 0.1) is 0 Å². The second-order valence-electron chi connectivity index (χ2n) is 5.92. The lowest BCUT2D eigenvalue weighted by Gasteiger charge is -2.34. The molecule has 124 valence electrons. The number of anilines is 1. The predicted octanol–water partition coefficient (Wildman–Crippen LogP) is 0.957. The second kappa shape index (κ2) is 7.26. The van der Waals surface area contributed by atoms with Crippen molar-refractivity contribution in [1.82, 2.24) is 9.80 Å². The van der Waals surface area contributed by atoms with Gasteiger partial charge in [0.25, 0.3) is 0 Å². The fraction of sp³-hybridized carbons (Fsp3) is 0.471. The van der Waals surface area contributed by atoms with Crippen molar-refractivity contribution >= 4 is 23.9 Å². The molecule has 0 unspecified atom stereocenters. The molecule has 0 bridgehead atoms. The van der Waals surface area contributed by atoms with E-state index in [1.54, 1.807) is 9.80 Å². The summed E-state index contributed by atoms with van der Waals surface area (Å²) < 4.78 is 0. The Balaban J connectivity index is 2.09. The van der Waals surface area contributed by atoms with Crippen LogP contribution in [0, 0.1) is 13.8 Å². The molecular formula is C17H23N3O3. The van der Waals surface area contributed by atoms with E-state index < -0.39 is 0 Å². The highest BCUT2D eigenvalue weighted by Crippen LogP contribution is 2.21. The number of carbonyl (C=O) groups is 3. The summed E-state index contributed by atoms with van der Waals surface area (Å²) in [6.45, 7) is 7.53. The summed E-state index contributed by atoms with van der Waals surface area (Å²) >= 11 is 0. The van der Waals surface area contributed by atoms with Gasteiger partial charge in [-0.2, -0.15) is 0 Å². The van der Waals surface area contributed by atoms with Gasteiger partial charge in [0.2, 0.25) is 18.2 Å². The third-order valence-electron chi connectivity index (χ3n) is 4.13. The maximum atomic E-state index is 12.5. The van der Waals surface area contributed by atoms with Gasteiger partial charge in [-0.05, 0) is 25.5 Å². The van der Waals surface area contributed by atoms with Crippen molar-refractivity contribution in [3.8, 4) is 0 Å². The van der Waals surface area contributed by atoms with E-state index in [-0.39, 0.29) is 18.4 Å². The summed E-state index contributed by atoms with van der Waals surface area (Å²) in [5.74, 6) is -0.248. The normalized spacial score (nSPS) is 14.6. The molecule has 0 atom stereocenters. The zero-order chi connectivity index (χ0) is 17.0. The molecule has 0 aliphatic carbocycles. The van der Waals surface area contributed by atoms with E-state index in [1.807, 2.05) is 32.0 Å². The zero-order valence-corrected chi connectivity index (χ0v) is 13.9. The molecular weight excluding hydrogens is 294 g/mol. The molecule has 0 saturated carbocycles. The van der Waals surface area contributed by atoms with Gasteiger partial charge in [0, 0.05) is 38.8 Å². The Morgan fingerprint density at radius 2 is 1.83 bits per heavy atom. The SMILES string of the molecule is CC(=O)N(CC(=O)N1CCN(C=O)CC1)c1ccc(C)cc1C. The zero-order valence-electron chi connectivity index (χ0n) is 13.9. The van der Waals surface area contributed by atoms with E-state index in [1.165, 1.54) is 11.8 Å². The van der Waals surface area contributed by atoms with E-state index in [0.717, 1.165) is 23.2 Å². The number of amides is 3. The molecule has 23 heavy (non-hydrogen) atoms. The van der Waals surface area contributed by atoms with Gasteiger partial charge in [-0.1, -0.05) is 17.7 Å². The summed E-state index contributed by atoms with van der Waals surface area (Å²) in [6, 6.07) is 5.81. The number of benzene rings is 1. The molecule has 0 spiro atoms. The molecule has 0 aromatic heterocycles. The van der Waals surface area contributed by atoms with Crippen molar-refractivity contribution in [1.29, 1.82) is 0 Å². The number of nitrogens with zero attached hydrogens (tertiary/aromatic N) is 3. The summed E-state index contributed by atoms with van der Waals surface area (Å²) in [5, 5.41) is 0. The molecule has 1 aliphatic rings. The lowest BCUT2D eigenvalue weighted by molar-refractivity contribution is -0.134. The standard InChI is InChI=1S/C17H23N3O3/c1-13-4-5-16(14(2)10-13)20(15(3)22)11-17(23)19-8-6-18(12-21)7-9-19/h4-5,10,12H,6-9,11H2,1-3H3. The van der Waals surface area contributed by atoms with Gasteiger partial charge in [0.1, 0.15) is 6.54 Å². The van der Waals surface area contributed by atoms with Gasteiger partial charge in [-0.25, -0.2) is 0 Å². The number of piperazine rings is 1. The minimum atomic E-state index is -0.156. The number of hydrogen-bond acceptors (Lipinski definition) is 3. The Bertz CT molecular complexity index is 607. The molecule has 1 fully saturated rings. The van der Waals surface area contributed by atoms with Crippen LogP contribution in [0.1, 0.15) is 18.1 Å². The fourth-order valence-electron chi connectivity index (χ4n) is 2.79. The molecule has 6 heteroatoms. The van der Waals surface area contributed by atoms with Gasteiger partial charge in [0.15, 0.2) is 0 Å².